The van der Waals surface area contributed by atoms with Crippen LogP contribution in [0.15, 0.2) is 40.0 Å². The highest BCUT2D eigenvalue weighted by molar-refractivity contribution is 7.13. The molecule has 6 N–H and O–H groups in total. The number of aromatic nitrogens is 2. The zero-order valence-corrected chi connectivity index (χ0v) is 40.0. The molecule has 0 spiro atoms. The topological polar surface area (TPSA) is 237 Å². The van der Waals surface area contributed by atoms with Crippen molar-refractivity contribution in [2.75, 3.05) is 26.4 Å². The van der Waals surface area contributed by atoms with Gasteiger partial charge in [-0.05, 0) is 98.0 Å². The minimum absolute atomic E-state index is 0.0199. The van der Waals surface area contributed by atoms with E-state index >= 15 is 4.39 Å². The maximum Gasteiger partial charge on any atom is 0.351 e. The van der Waals surface area contributed by atoms with Crippen LogP contribution in [0.1, 0.15) is 107 Å². The smallest absolute Gasteiger partial charge is 0.351 e. The zero-order valence-electron chi connectivity index (χ0n) is 39.2. The fraction of sp³-hybridized carbons (Fsp3) is 0.689. The van der Waals surface area contributed by atoms with Crippen LogP contribution in [0.2, 0.25) is 0 Å². The number of Topliss-reactive ketones (excluding diaryl/α,β-unsaturated/α-hetero) is 1. The van der Waals surface area contributed by atoms with Gasteiger partial charge in [-0.25, -0.2) is 19.2 Å². The molecular weight excluding hydrogens is 852 g/mol. The summed E-state index contributed by atoms with van der Waals surface area (Å²) in [5.41, 5.74) is 0.660. The first-order valence-corrected chi connectivity index (χ1v) is 22.8. The Bertz CT molecular complexity index is 1990. The SMILES string of the molecule is CCC(=O)NC1=C(C)[C@@H](OCC(CC)=NOCc2csc(-c3cccc(N)n3)n2)[C@](C)(O)[C@@H](CC)OC(=O)[C@@](C)(F)C(=O)[C@H](C)[C@@H](O[C@@H]2O[C@H](C)C[C@H](N(C)C)[C@H]2O)[C@](C)(O)C[C@H]1C. The van der Waals surface area contributed by atoms with Crippen LogP contribution in [-0.2, 0) is 44.8 Å². The number of anilines is 1. The molecule has 1 fully saturated rings. The number of esters is 1. The van der Waals surface area contributed by atoms with Crippen LogP contribution in [0, 0.1) is 11.8 Å². The average molecular weight is 921 g/mol. The molecule has 0 aliphatic carbocycles. The van der Waals surface area contributed by atoms with E-state index in [0.717, 1.165) is 6.92 Å². The average Bonchev–Trinajstić information content (AvgIpc) is 3.71. The van der Waals surface area contributed by atoms with Crippen molar-refractivity contribution >= 4 is 40.5 Å². The Kier molecular flexibility index (Phi) is 18.1. The van der Waals surface area contributed by atoms with Crippen molar-refractivity contribution in [2.24, 2.45) is 17.0 Å². The number of ether oxygens (including phenoxy) is 4. The highest BCUT2D eigenvalue weighted by Crippen LogP contribution is 2.39. The third-order valence-electron chi connectivity index (χ3n) is 12.1. The predicted octanol–water partition coefficient (Wildman–Crippen LogP) is 4.86. The van der Waals surface area contributed by atoms with Gasteiger partial charge in [0.2, 0.25) is 5.91 Å². The molecule has 4 heterocycles. The summed E-state index contributed by atoms with van der Waals surface area (Å²) in [5.74, 6) is -5.11. The number of oxime groups is 1. The Morgan fingerprint density at radius 2 is 1.80 bits per heavy atom. The van der Waals surface area contributed by atoms with Crippen molar-refractivity contribution < 1.29 is 57.9 Å². The second kappa shape index (κ2) is 22.0. The summed E-state index contributed by atoms with van der Waals surface area (Å²) < 4.78 is 41.4. The van der Waals surface area contributed by atoms with Crippen molar-refractivity contribution in [1.29, 1.82) is 0 Å². The molecule has 0 saturated carbocycles. The highest BCUT2D eigenvalue weighted by Gasteiger charge is 2.55. The Morgan fingerprint density at radius 1 is 1.11 bits per heavy atom. The van der Waals surface area contributed by atoms with Crippen molar-refractivity contribution in [3.05, 3.63) is 40.5 Å². The van der Waals surface area contributed by atoms with E-state index in [2.05, 4.69) is 20.4 Å². The van der Waals surface area contributed by atoms with Crippen LogP contribution in [0.5, 0.6) is 0 Å². The minimum Gasteiger partial charge on any atom is -0.457 e. The maximum atomic E-state index is 16.8. The Labute approximate surface area is 379 Å². The number of thiazole rings is 1. The van der Waals surface area contributed by atoms with E-state index in [1.807, 2.05) is 17.2 Å². The van der Waals surface area contributed by atoms with Gasteiger partial charge >= 0.3 is 5.97 Å². The lowest BCUT2D eigenvalue weighted by molar-refractivity contribution is -0.293. The number of ketones is 1. The van der Waals surface area contributed by atoms with Crippen LogP contribution in [0.25, 0.3) is 10.7 Å². The first-order chi connectivity index (χ1) is 29.9. The van der Waals surface area contributed by atoms with Crippen molar-refractivity contribution in [3.8, 4) is 10.7 Å². The molecule has 1 amide bonds. The van der Waals surface area contributed by atoms with Gasteiger partial charge in [-0.15, -0.1) is 11.3 Å². The van der Waals surface area contributed by atoms with Gasteiger partial charge in [0.25, 0.3) is 5.67 Å². The number of halogens is 1. The van der Waals surface area contributed by atoms with Crippen LogP contribution >= 0.6 is 11.3 Å². The van der Waals surface area contributed by atoms with E-state index < -0.39 is 83.3 Å². The number of nitrogens with one attached hydrogen (secondary N) is 1. The molecule has 2 aromatic heterocycles. The number of rotatable bonds is 14. The standard InChI is InChI=1S/C45H69FN6O11S/c1-13-28(51-60-22-29-23-64-40(48-29)30-17-16-18-33(47)49-30)21-59-39-26(6)35(50-34(53)15-3)24(4)20-43(8,57)38(63-41-36(54)31(52(11)12)19-25(5)61-41)27(7)37(55)44(9,46)42(56)62-32(14-2)45(39,10)58/h16-18,23-25,27,31-32,36,38-39,41,54,57-58H,13-15,19-22H2,1-12H3,(H2,47,49)(H,50,53)/t24-,25-,27+,31+,32-,36-,38-,39-,41+,43-,44+,45-/m1/s1. The summed E-state index contributed by atoms with van der Waals surface area (Å²) in [5, 5.41) is 46.1. The fourth-order valence-electron chi connectivity index (χ4n) is 8.48. The molecule has 2 aliphatic heterocycles. The molecule has 2 aliphatic rings. The Hall–Kier alpha value is -3.95. The van der Waals surface area contributed by atoms with Gasteiger partial charge in [-0.2, -0.15) is 0 Å². The van der Waals surface area contributed by atoms with Crippen LogP contribution in [-0.4, -0.2) is 134 Å². The van der Waals surface area contributed by atoms with Gasteiger partial charge in [-0.3, -0.25) is 9.59 Å². The first kappa shape index (κ1) is 52.7. The van der Waals surface area contributed by atoms with E-state index in [0.29, 0.717) is 46.3 Å². The zero-order chi connectivity index (χ0) is 47.9. The van der Waals surface area contributed by atoms with Gasteiger partial charge in [0, 0.05) is 29.5 Å². The Morgan fingerprint density at radius 3 is 2.41 bits per heavy atom. The lowest BCUT2D eigenvalue weighted by atomic mass is 9.76. The van der Waals surface area contributed by atoms with Crippen molar-refractivity contribution in [2.45, 2.75) is 168 Å². The third kappa shape index (κ3) is 12.5. The van der Waals surface area contributed by atoms with E-state index in [4.69, 9.17) is 29.5 Å². The molecule has 2 aromatic rings. The molecular formula is C45H69FN6O11S. The summed E-state index contributed by atoms with van der Waals surface area (Å²) in [6, 6.07) is 4.85. The van der Waals surface area contributed by atoms with E-state index in [-0.39, 0.29) is 44.1 Å². The van der Waals surface area contributed by atoms with Gasteiger partial charge in [0.1, 0.15) is 40.4 Å². The number of amides is 1. The number of likely N-dealkylation sites (N-methyl/N-ethyl adjacent to an activating group) is 1. The van der Waals surface area contributed by atoms with Crippen molar-refractivity contribution in [1.82, 2.24) is 20.2 Å². The summed E-state index contributed by atoms with van der Waals surface area (Å²) in [6.45, 7) is 15.0. The number of allylic oxidation sites excluding steroid dienone is 1. The van der Waals surface area contributed by atoms with E-state index in [1.54, 1.807) is 66.9 Å². The number of nitrogens with two attached hydrogens (primary N) is 1. The quantitative estimate of drug-likeness (QED) is 0.0736. The number of hydrogen-bond donors (Lipinski definition) is 5. The predicted molar refractivity (Wildman–Crippen MR) is 239 cm³/mol. The normalized spacial score (nSPS) is 33.8. The lowest BCUT2D eigenvalue weighted by Gasteiger charge is -2.46. The number of aliphatic hydroxyl groups is 3. The van der Waals surface area contributed by atoms with Gasteiger partial charge < -0.3 is 55.1 Å². The molecule has 0 aromatic carbocycles. The fourth-order valence-corrected chi connectivity index (χ4v) is 9.25. The number of hydrogen-bond acceptors (Lipinski definition) is 17. The second-order valence-electron chi connectivity index (χ2n) is 17.8. The second-order valence-corrected chi connectivity index (χ2v) is 18.7. The monoisotopic (exact) mass is 920 g/mol. The number of pyridine rings is 1. The summed E-state index contributed by atoms with van der Waals surface area (Å²) in [4.78, 5) is 57.7. The largest absolute Gasteiger partial charge is 0.457 e. The molecule has 0 unspecified atom stereocenters. The molecule has 19 heteroatoms. The summed E-state index contributed by atoms with van der Waals surface area (Å²) >= 11 is 1.37. The van der Waals surface area contributed by atoms with Crippen LogP contribution < -0.4 is 11.1 Å². The number of carbonyl (C=O) groups is 3. The molecule has 358 valence electrons. The number of alkyl halides is 1. The van der Waals surface area contributed by atoms with Crippen LogP contribution in [0.3, 0.4) is 0 Å². The Balaban J connectivity index is 1.77. The number of nitrogens with zero attached hydrogens (tertiary/aromatic N) is 4. The summed E-state index contributed by atoms with van der Waals surface area (Å²) in [6.07, 6.45) is -6.72. The molecule has 17 nitrogen and oxygen atoms in total. The molecule has 4 rings (SSSR count). The van der Waals surface area contributed by atoms with Crippen LogP contribution in [0.4, 0.5) is 10.2 Å². The minimum atomic E-state index is -3.29. The highest BCUT2D eigenvalue weighted by atomic mass is 32.1. The molecule has 1 saturated heterocycles. The third-order valence-corrected chi connectivity index (χ3v) is 13.0. The van der Waals surface area contributed by atoms with Gasteiger partial charge in [0.15, 0.2) is 18.7 Å². The molecule has 0 bridgehead atoms. The number of cyclic esters (lactones) is 1. The molecule has 12 atom stereocenters. The summed E-state index contributed by atoms with van der Waals surface area (Å²) in [7, 11) is 3.58. The van der Waals surface area contributed by atoms with E-state index in [1.165, 1.54) is 32.1 Å². The molecule has 64 heavy (non-hydrogen) atoms. The maximum absolute atomic E-state index is 16.8. The van der Waals surface area contributed by atoms with Gasteiger partial charge in [-0.1, -0.05) is 45.8 Å². The van der Waals surface area contributed by atoms with E-state index in [9.17, 15) is 29.7 Å². The number of aliphatic hydroxyl groups excluding tert-OH is 1. The number of nitrogen functional groups attached to an aromatic ring is 1. The number of carbonyl (C=O) groups excluding carboxylic acids is 3. The van der Waals surface area contributed by atoms with Gasteiger partial charge in [0.05, 0.1) is 35.8 Å². The molecule has 0 radical (unpaired) electrons. The van der Waals surface area contributed by atoms with Crippen molar-refractivity contribution in [3.63, 3.8) is 0 Å². The first-order valence-electron chi connectivity index (χ1n) is 21.9. The lowest BCUT2D eigenvalue weighted by Crippen LogP contribution is -2.60.